The number of hydrogen-bond donors (Lipinski definition) is 0. The Bertz CT molecular complexity index is 746. The monoisotopic (exact) mass is 356 g/mol. The van der Waals surface area contributed by atoms with Crippen molar-refractivity contribution in [2.24, 2.45) is 11.3 Å². The van der Waals surface area contributed by atoms with Gasteiger partial charge in [-0.25, -0.2) is 0 Å². The van der Waals surface area contributed by atoms with Crippen LogP contribution in [0.4, 0.5) is 0 Å². The number of pyridine rings is 1. The molecule has 0 spiro atoms. The van der Waals surface area contributed by atoms with Crippen molar-refractivity contribution in [1.29, 1.82) is 0 Å². The van der Waals surface area contributed by atoms with Gasteiger partial charge in [0.05, 0.1) is 24.5 Å². The van der Waals surface area contributed by atoms with Crippen LogP contribution in [0, 0.1) is 18.3 Å². The van der Waals surface area contributed by atoms with E-state index in [2.05, 4.69) is 4.98 Å². The third-order valence-corrected chi connectivity index (χ3v) is 6.36. The number of carbonyl (C=O) groups excluding carboxylic acids is 1. The van der Waals surface area contributed by atoms with E-state index in [0.717, 1.165) is 43.1 Å². The molecule has 2 aliphatic rings. The summed E-state index contributed by atoms with van der Waals surface area (Å²) in [6.45, 7) is 4.98. The lowest BCUT2D eigenvalue weighted by Crippen LogP contribution is -2.34. The fraction of sp³-hybridized carbons (Fsp3) is 0.500. The number of nitrogens with zero attached hydrogens (tertiary/aromatic N) is 2. The molecule has 25 heavy (non-hydrogen) atoms. The Morgan fingerprint density at radius 2 is 2.36 bits per heavy atom. The minimum absolute atomic E-state index is 0.134. The van der Waals surface area contributed by atoms with E-state index in [4.69, 9.17) is 4.74 Å². The van der Waals surface area contributed by atoms with Gasteiger partial charge in [-0.15, -0.1) is 0 Å². The fourth-order valence-corrected chi connectivity index (χ4v) is 5.04. The Labute approximate surface area is 152 Å². The highest BCUT2D eigenvalue weighted by Gasteiger charge is 2.50. The highest BCUT2D eigenvalue weighted by Crippen LogP contribution is 2.49. The molecule has 1 amide bonds. The van der Waals surface area contributed by atoms with Crippen molar-refractivity contribution in [3.63, 3.8) is 0 Å². The molecule has 1 aliphatic heterocycles. The maximum Gasteiger partial charge on any atom is 0.254 e. The molecule has 4 rings (SSSR count). The highest BCUT2D eigenvalue weighted by molar-refractivity contribution is 7.08. The SMILES string of the molecule is Cc1cccc(COC[C@]23CCC[C@H]2CN(C(=O)c2ccsc2)C3)n1. The zero-order valence-electron chi connectivity index (χ0n) is 14.6. The van der Waals surface area contributed by atoms with E-state index in [1.165, 1.54) is 12.8 Å². The average Bonchev–Trinajstić information content (AvgIpc) is 3.30. The summed E-state index contributed by atoms with van der Waals surface area (Å²) in [7, 11) is 0. The van der Waals surface area contributed by atoms with Crippen LogP contribution >= 0.6 is 11.3 Å². The molecule has 2 fully saturated rings. The van der Waals surface area contributed by atoms with Gasteiger partial charge in [0.2, 0.25) is 0 Å². The molecule has 2 aromatic heterocycles. The molecular formula is C20H24N2O2S. The van der Waals surface area contributed by atoms with Gasteiger partial charge in [-0.3, -0.25) is 9.78 Å². The lowest BCUT2D eigenvalue weighted by molar-refractivity contribution is 0.0252. The first-order valence-corrected chi connectivity index (χ1v) is 9.92. The minimum atomic E-state index is 0.134. The molecule has 0 aromatic carbocycles. The third-order valence-electron chi connectivity index (χ3n) is 5.68. The smallest absolute Gasteiger partial charge is 0.254 e. The number of fused-ring (bicyclic) bond motifs is 1. The van der Waals surface area contributed by atoms with E-state index in [0.29, 0.717) is 12.5 Å². The van der Waals surface area contributed by atoms with E-state index < -0.39 is 0 Å². The first kappa shape index (κ1) is 16.7. The van der Waals surface area contributed by atoms with E-state index in [-0.39, 0.29) is 11.3 Å². The van der Waals surface area contributed by atoms with Crippen LogP contribution in [0.15, 0.2) is 35.0 Å². The second-order valence-electron chi connectivity index (χ2n) is 7.41. The van der Waals surface area contributed by atoms with Crippen LogP contribution in [0.5, 0.6) is 0 Å². The van der Waals surface area contributed by atoms with Crippen molar-refractivity contribution < 1.29 is 9.53 Å². The first-order chi connectivity index (χ1) is 12.2. The van der Waals surface area contributed by atoms with Crippen LogP contribution < -0.4 is 0 Å². The summed E-state index contributed by atoms with van der Waals surface area (Å²) in [6.07, 6.45) is 3.61. The Morgan fingerprint density at radius 1 is 1.44 bits per heavy atom. The minimum Gasteiger partial charge on any atom is -0.375 e. The number of aryl methyl sites for hydroxylation is 1. The third kappa shape index (κ3) is 3.35. The molecule has 1 saturated heterocycles. The normalized spacial score (nSPS) is 25.3. The van der Waals surface area contributed by atoms with Gasteiger partial charge in [0.25, 0.3) is 5.91 Å². The van der Waals surface area contributed by atoms with Gasteiger partial charge in [-0.1, -0.05) is 12.5 Å². The van der Waals surface area contributed by atoms with E-state index in [1.807, 2.05) is 46.8 Å². The lowest BCUT2D eigenvalue weighted by Gasteiger charge is -2.28. The van der Waals surface area contributed by atoms with E-state index in [1.54, 1.807) is 11.3 Å². The molecule has 2 aromatic rings. The van der Waals surface area contributed by atoms with Crippen molar-refractivity contribution in [2.75, 3.05) is 19.7 Å². The van der Waals surface area contributed by atoms with Gasteiger partial charge >= 0.3 is 0 Å². The standard InChI is InChI=1S/C20H24N2O2S/c1-15-4-2-6-18(21-15)11-24-14-20-8-3-5-17(20)10-22(13-20)19(23)16-7-9-25-12-16/h2,4,6-7,9,12,17H,3,5,8,10-11,13-14H2,1H3/t17-,20+/m0/s1. The molecule has 132 valence electrons. The second kappa shape index (κ2) is 6.89. The molecule has 0 radical (unpaired) electrons. The number of rotatable bonds is 5. The van der Waals surface area contributed by atoms with Crippen LogP contribution in [-0.4, -0.2) is 35.5 Å². The lowest BCUT2D eigenvalue weighted by atomic mass is 9.81. The van der Waals surface area contributed by atoms with Gasteiger partial charge in [0, 0.05) is 29.6 Å². The fourth-order valence-electron chi connectivity index (χ4n) is 4.41. The number of thiophene rings is 1. The Balaban J connectivity index is 1.40. The van der Waals surface area contributed by atoms with Crippen LogP contribution in [-0.2, 0) is 11.3 Å². The Morgan fingerprint density at radius 3 is 3.16 bits per heavy atom. The summed E-state index contributed by atoms with van der Waals surface area (Å²) in [5.41, 5.74) is 2.96. The average molecular weight is 356 g/mol. The quantitative estimate of drug-likeness (QED) is 0.816. The largest absolute Gasteiger partial charge is 0.375 e. The molecule has 5 heteroatoms. The van der Waals surface area contributed by atoms with Crippen LogP contribution in [0.3, 0.4) is 0 Å². The number of ether oxygens (including phenoxy) is 1. The maximum absolute atomic E-state index is 12.7. The predicted molar refractivity (Wildman–Crippen MR) is 98.6 cm³/mol. The molecule has 1 saturated carbocycles. The van der Waals surface area contributed by atoms with E-state index >= 15 is 0 Å². The molecular weight excluding hydrogens is 332 g/mol. The summed E-state index contributed by atoms with van der Waals surface area (Å²) < 4.78 is 6.08. The molecule has 3 heterocycles. The number of aromatic nitrogens is 1. The van der Waals surface area contributed by atoms with Crippen LogP contribution in [0.1, 0.15) is 41.0 Å². The van der Waals surface area contributed by atoms with Gasteiger partial charge < -0.3 is 9.64 Å². The number of amides is 1. The first-order valence-electron chi connectivity index (χ1n) is 8.98. The van der Waals surface area contributed by atoms with Crippen LogP contribution in [0.2, 0.25) is 0 Å². The number of carbonyl (C=O) groups is 1. The zero-order chi connectivity index (χ0) is 17.3. The Kier molecular flexibility index (Phi) is 4.61. The van der Waals surface area contributed by atoms with Crippen molar-refractivity contribution in [2.45, 2.75) is 32.8 Å². The Hall–Kier alpha value is -1.72. The highest BCUT2D eigenvalue weighted by atomic mass is 32.1. The number of likely N-dealkylation sites (tertiary alicyclic amines) is 1. The topological polar surface area (TPSA) is 42.4 Å². The molecule has 4 nitrogen and oxygen atoms in total. The molecule has 1 aliphatic carbocycles. The molecule has 0 unspecified atom stereocenters. The van der Waals surface area contributed by atoms with Gasteiger partial charge in [-0.05, 0) is 49.3 Å². The van der Waals surface area contributed by atoms with Crippen molar-refractivity contribution >= 4 is 17.2 Å². The van der Waals surface area contributed by atoms with Gasteiger partial charge in [-0.2, -0.15) is 11.3 Å². The summed E-state index contributed by atoms with van der Waals surface area (Å²) in [5.74, 6) is 0.746. The summed E-state index contributed by atoms with van der Waals surface area (Å²) >= 11 is 1.58. The van der Waals surface area contributed by atoms with Crippen molar-refractivity contribution in [3.8, 4) is 0 Å². The second-order valence-corrected chi connectivity index (χ2v) is 8.19. The summed E-state index contributed by atoms with van der Waals surface area (Å²) in [6, 6.07) is 7.96. The maximum atomic E-state index is 12.7. The molecule has 0 N–H and O–H groups in total. The van der Waals surface area contributed by atoms with Crippen molar-refractivity contribution in [3.05, 3.63) is 52.0 Å². The zero-order valence-corrected chi connectivity index (χ0v) is 15.4. The summed E-state index contributed by atoms with van der Waals surface area (Å²) in [4.78, 5) is 19.2. The van der Waals surface area contributed by atoms with E-state index in [9.17, 15) is 4.79 Å². The number of hydrogen-bond acceptors (Lipinski definition) is 4. The van der Waals surface area contributed by atoms with Crippen molar-refractivity contribution in [1.82, 2.24) is 9.88 Å². The van der Waals surface area contributed by atoms with Gasteiger partial charge in [0.15, 0.2) is 0 Å². The van der Waals surface area contributed by atoms with Gasteiger partial charge in [0.1, 0.15) is 0 Å². The molecule has 2 atom stereocenters. The van der Waals surface area contributed by atoms with Crippen LogP contribution in [0.25, 0.3) is 0 Å². The molecule has 0 bridgehead atoms. The predicted octanol–water partition coefficient (Wildman–Crippen LogP) is 3.91. The summed E-state index contributed by atoms with van der Waals surface area (Å²) in [5, 5.41) is 3.92.